The van der Waals surface area contributed by atoms with E-state index < -0.39 is 17.4 Å². The molecule has 1 heterocycles. The Hall–Kier alpha value is -1.96. The van der Waals surface area contributed by atoms with Crippen molar-refractivity contribution in [1.29, 1.82) is 0 Å². The average molecular weight is 298 g/mol. The molecule has 8 heteroatoms. The summed E-state index contributed by atoms with van der Waals surface area (Å²) in [6.45, 7) is 7.99. The molecule has 0 aliphatic heterocycles. The van der Waals surface area contributed by atoms with E-state index in [1.54, 1.807) is 14.0 Å². The quantitative estimate of drug-likeness (QED) is 0.745. The molecule has 2 N–H and O–H groups in total. The van der Waals surface area contributed by atoms with Crippen molar-refractivity contribution in [3.63, 3.8) is 0 Å². The maximum atomic E-state index is 12.1. The zero-order valence-corrected chi connectivity index (χ0v) is 13.0. The van der Waals surface area contributed by atoms with Crippen LogP contribution >= 0.6 is 0 Å². The van der Waals surface area contributed by atoms with Crippen molar-refractivity contribution in [3.05, 3.63) is 11.4 Å². The molecule has 8 nitrogen and oxygen atoms in total. The topological polar surface area (TPSA) is 106 Å². The fourth-order valence-corrected chi connectivity index (χ4v) is 1.94. The molecule has 0 aromatic carbocycles. The molecule has 0 bridgehead atoms. The minimum atomic E-state index is -1.15. The Kier molecular flexibility index (Phi) is 5.42. The number of hydrogen-bond donors (Lipinski definition) is 2. The molecule has 1 aromatic heterocycles. The SMILES string of the molecule is COCCNC(=O)C(C)n1nnc(C(=O)O)c1C(C)(C)C. The summed E-state index contributed by atoms with van der Waals surface area (Å²) in [5.74, 6) is -1.42. The number of carboxylic acids is 1. The monoisotopic (exact) mass is 298 g/mol. The number of aromatic nitrogens is 3. The molecule has 0 saturated carbocycles. The second-order valence-corrected chi connectivity index (χ2v) is 5.75. The predicted octanol–water partition coefficient (Wildman–Crippen LogP) is 0.597. The van der Waals surface area contributed by atoms with Gasteiger partial charge in [-0.25, -0.2) is 9.48 Å². The highest BCUT2D eigenvalue weighted by Gasteiger charge is 2.32. The second kappa shape index (κ2) is 6.66. The van der Waals surface area contributed by atoms with Gasteiger partial charge in [0.25, 0.3) is 0 Å². The fourth-order valence-electron chi connectivity index (χ4n) is 1.94. The molecule has 0 saturated heterocycles. The summed E-state index contributed by atoms with van der Waals surface area (Å²) in [6.07, 6.45) is 0. The van der Waals surface area contributed by atoms with Gasteiger partial charge in [0.2, 0.25) is 5.91 Å². The summed E-state index contributed by atoms with van der Waals surface area (Å²) in [5.41, 5.74) is -0.207. The third-order valence-electron chi connectivity index (χ3n) is 2.96. The number of hydrogen-bond acceptors (Lipinski definition) is 5. The van der Waals surface area contributed by atoms with Gasteiger partial charge in [0, 0.05) is 19.1 Å². The van der Waals surface area contributed by atoms with Gasteiger partial charge in [-0.1, -0.05) is 26.0 Å². The van der Waals surface area contributed by atoms with Crippen LogP contribution in [-0.4, -0.2) is 52.2 Å². The third-order valence-corrected chi connectivity index (χ3v) is 2.96. The van der Waals surface area contributed by atoms with Crippen LogP contribution in [0.15, 0.2) is 0 Å². The zero-order chi connectivity index (χ0) is 16.2. The Morgan fingerprint density at radius 1 is 1.43 bits per heavy atom. The molecule has 0 spiro atoms. The lowest BCUT2D eigenvalue weighted by molar-refractivity contribution is -0.124. The first-order chi connectivity index (χ1) is 9.70. The molecule has 1 amide bonds. The van der Waals surface area contributed by atoms with Crippen LogP contribution in [-0.2, 0) is 14.9 Å². The van der Waals surface area contributed by atoms with Gasteiger partial charge in [-0.2, -0.15) is 0 Å². The maximum Gasteiger partial charge on any atom is 0.358 e. The van der Waals surface area contributed by atoms with Gasteiger partial charge in [0.05, 0.1) is 12.3 Å². The number of aromatic carboxylic acids is 1. The number of rotatable bonds is 6. The summed E-state index contributed by atoms with van der Waals surface area (Å²) in [4.78, 5) is 23.3. The van der Waals surface area contributed by atoms with Crippen molar-refractivity contribution in [3.8, 4) is 0 Å². The van der Waals surface area contributed by atoms with Gasteiger partial charge in [0.1, 0.15) is 6.04 Å². The highest BCUT2D eigenvalue weighted by Crippen LogP contribution is 2.27. The number of nitrogens with zero attached hydrogens (tertiary/aromatic N) is 3. The number of nitrogens with one attached hydrogen (secondary N) is 1. The standard InChI is InChI=1S/C13H22N4O4/c1-8(11(18)14-6-7-21-5)17-10(13(2,3)4)9(12(19)20)15-16-17/h8H,6-7H2,1-5H3,(H,14,18)(H,19,20). The van der Waals surface area contributed by atoms with Crippen molar-refractivity contribution in [1.82, 2.24) is 20.3 Å². The van der Waals surface area contributed by atoms with Crippen molar-refractivity contribution in [2.24, 2.45) is 0 Å². The number of carboxylic acid groups (broad SMARTS) is 1. The molecule has 118 valence electrons. The summed E-state index contributed by atoms with van der Waals surface area (Å²) in [5, 5.41) is 19.4. The summed E-state index contributed by atoms with van der Waals surface area (Å²) in [6, 6.07) is -0.656. The van der Waals surface area contributed by atoms with E-state index >= 15 is 0 Å². The Morgan fingerprint density at radius 3 is 2.52 bits per heavy atom. The second-order valence-electron chi connectivity index (χ2n) is 5.75. The van der Waals surface area contributed by atoms with Crippen molar-refractivity contribution >= 4 is 11.9 Å². The molecule has 0 fully saturated rings. The lowest BCUT2D eigenvalue weighted by atomic mass is 9.90. The van der Waals surface area contributed by atoms with Gasteiger partial charge in [-0.05, 0) is 6.92 Å². The third kappa shape index (κ3) is 4.01. The van der Waals surface area contributed by atoms with Crippen molar-refractivity contribution < 1.29 is 19.4 Å². The normalized spacial score (nSPS) is 13.0. The average Bonchev–Trinajstić information content (AvgIpc) is 2.82. The smallest absolute Gasteiger partial charge is 0.358 e. The number of carbonyl (C=O) groups excluding carboxylic acids is 1. The van der Waals surface area contributed by atoms with Gasteiger partial charge < -0.3 is 15.2 Å². The molecule has 0 aliphatic carbocycles. The molecular weight excluding hydrogens is 276 g/mol. The Bertz CT molecular complexity index is 519. The van der Waals surface area contributed by atoms with E-state index in [-0.39, 0.29) is 11.6 Å². The number of amides is 1. The van der Waals surface area contributed by atoms with Gasteiger partial charge in [-0.3, -0.25) is 4.79 Å². The van der Waals surface area contributed by atoms with Crippen LogP contribution in [0.2, 0.25) is 0 Å². The first-order valence-electron chi connectivity index (χ1n) is 6.65. The Morgan fingerprint density at radius 2 is 2.05 bits per heavy atom. The van der Waals surface area contributed by atoms with Crippen LogP contribution in [0.3, 0.4) is 0 Å². The maximum absolute atomic E-state index is 12.1. The van der Waals surface area contributed by atoms with E-state index in [1.807, 2.05) is 20.8 Å². The minimum Gasteiger partial charge on any atom is -0.476 e. The molecular formula is C13H22N4O4. The molecule has 0 radical (unpaired) electrons. The number of ether oxygens (including phenoxy) is 1. The predicted molar refractivity (Wildman–Crippen MR) is 75.3 cm³/mol. The van der Waals surface area contributed by atoms with Crippen LogP contribution in [0, 0.1) is 0 Å². The summed E-state index contributed by atoms with van der Waals surface area (Å²) in [7, 11) is 1.55. The summed E-state index contributed by atoms with van der Waals surface area (Å²) >= 11 is 0. The van der Waals surface area contributed by atoms with Crippen LogP contribution in [0.5, 0.6) is 0 Å². The van der Waals surface area contributed by atoms with Crippen LogP contribution in [0.1, 0.15) is 49.9 Å². The van der Waals surface area contributed by atoms with E-state index in [4.69, 9.17) is 4.74 Å². The van der Waals surface area contributed by atoms with E-state index in [1.165, 1.54) is 4.68 Å². The fraction of sp³-hybridized carbons (Fsp3) is 0.692. The van der Waals surface area contributed by atoms with E-state index in [0.29, 0.717) is 18.8 Å². The van der Waals surface area contributed by atoms with Gasteiger partial charge in [-0.15, -0.1) is 5.10 Å². The Balaban J connectivity index is 3.07. The van der Waals surface area contributed by atoms with Crippen molar-refractivity contribution in [2.45, 2.75) is 39.2 Å². The lowest BCUT2D eigenvalue weighted by Gasteiger charge is -2.23. The van der Waals surface area contributed by atoms with Crippen molar-refractivity contribution in [2.75, 3.05) is 20.3 Å². The summed E-state index contributed by atoms with van der Waals surface area (Å²) < 4.78 is 6.23. The van der Waals surface area contributed by atoms with E-state index in [0.717, 1.165) is 0 Å². The first-order valence-corrected chi connectivity index (χ1v) is 6.65. The zero-order valence-electron chi connectivity index (χ0n) is 13.0. The van der Waals surface area contributed by atoms with E-state index in [2.05, 4.69) is 15.6 Å². The molecule has 1 rings (SSSR count). The van der Waals surface area contributed by atoms with Crippen LogP contribution in [0.4, 0.5) is 0 Å². The molecule has 1 unspecified atom stereocenters. The largest absolute Gasteiger partial charge is 0.476 e. The molecule has 0 aliphatic rings. The highest BCUT2D eigenvalue weighted by molar-refractivity contribution is 5.87. The van der Waals surface area contributed by atoms with E-state index in [9.17, 15) is 14.7 Å². The lowest BCUT2D eigenvalue weighted by Crippen LogP contribution is -2.35. The molecule has 1 aromatic rings. The molecule has 1 atom stereocenters. The Labute approximate surface area is 123 Å². The molecule has 21 heavy (non-hydrogen) atoms. The number of methoxy groups -OCH3 is 1. The van der Waals surface area contributed by atoms with Gasteiger partial charge >= 0.3 is 5.97 Å². The van der Waals surface area contributed by atoms with Crippen LogP contribution < -0.4 is 5.32 Å². The minimum absolute atomic E-state index is 0.126. The van der Waals surface area contributed by atoms with Crippen LogP contribution in [0.25, 0.3) is 0 Å². The number of carbonyl (C=O) groups is 2. The first kappa shape index (κ1) is 17.1. The van der Waals surface area contributed by atoms with Gasteiger partial charge in [0.15, 0.2) is 5.69 Å². The highest BCUT2D eigenvalue weighted by atomic mass is 16.5.